The van der Waals surface area contributed by atoms with Crippen LogP contribution in [0.15, 0.2) is 133 Å². The van der Waals surface area contributed by atoms with Crippen molar-refractivity contribution in [3.63, 3.8) is 0 Å². The van der Waals surface area contributed by atoms with E-state index in [0.717, 1.165) is 6.42 Å². The molecule has 0 atom stereocenters. The van der Waals surface area contributed by atoms with Crippen LogP contribution in [0.2, 0.25) is 0 Å². The maximum absolute atomic E-state index is 3.88. The van der Waals surface area contributed by atoms with Gasteiger partial charge in [-0.15, -0.1) is 28.8 Å². The van der Waals surface area contributed by atoms with E-state index in [1.165, 1.54) is 93.9 Å². The maximum Gasteiger partial charge on any atom is -0.172 e. The van der Waals surface area contributed by atoms with Crippen LogP contribution < -0.4 is 24.8 Å². The second kappa shape index (κ2) is 17.8. The van der Waals surface area contributed by atoms with E-state index >= 15 is 0 Å². The van der Waals surface area contributed by atoms with Gasteiger partial charge in [0.1, 0.15) is 0 Å². The van der Waals surface area contributed by atoms with Crippen molar-refractivity contribution in [2.45, 2.75) is 72.6 Å². The zero-order valence-corrected chi connectivity index (χ0v) is 35.8. The van der Waals surface area contributed by atoms with Gasteiger partial charge in [-0.2, -0.15) is 18.2 Å². The smallest absolute Gasteiger partial charge is 0.172 e. The fourth-order valence-electron chi connectivity index (χ4n) is 6.23. The van der Waals surface area contributed by atoms with Crippen LogP contribution >= 0.6 is 0 Å². The summed E-state index contributed by atoms with van der Waals surface area (Å²) in [5.41, 5.74) is 16.2. The van der Waals surface area contributed by atoms with Crippen molar-refractivity contribution in [3.05, 3.63) is 173 Å². The molecule has 0 amide bonds. The van der Waals surface area contributed by atoms with Crippen LogP contribution in [0.3, 0.4) is 0 Å². The standard InChI is InChI=1S/C33H33.C9H10.C5H5.2ClH.Hf/c1-32(2,3)30-20-26-24(18-28(30)22-13-9-7-10-14-22)17-25-19-29(23-15-11-8-12-16-23)31(21-27(25)26)33(4,5)6;1-3-9-6-4-8(2)5-7-9;1-2-4-5-3-1;;;/h7-16,18,20-21H,17H2,1-6H3;4-7H,1-2H3;1-5H;2*1H;/q-1;;-1;;;+2/p-2. The number of aryl methyl sites for hydroxylation is 1. The molecule has 3 heteroatoms. The van der Waals surface area contributed by atoms with Crippen LogP contribution in [0.1, 0.15) is 81.8 Å². The molecule has 0 nitrogen and oxygen atoms in total. The van der Waals surface area contributed by atoms with E-state index in [0.29, 0.717) is 0 Å². The molecule has 256 valence electrons. The van der Waals surface area contributed by atoms with Gasteiger partial charge < -0.3 is 24.8 Å². The number of fused-ring (bicyclic) bond motifs is 3. The first-order valence-corrected chi connectivity index (χ1v) is 18.8. The van der Waals surface area contributed by atoms with Crippen LogP contribution in [0.25, 0.3) is 33.4 Å². The largest absolute Gasteiger partial charge is 1.00 e. The monoisotopic (exact) mass is 862 g/mol. The van der Waals surface area contributed by atoms with E-state index in [9.17, 15) is 0 Å². The third-order valence-electron chi connectivity index (χ3n) is 8.86. The van der Waals surface area contributed by atoms with E-state index < -0.39 is 0 Å². The zero-order valence-electron chi connectivity index (χ0n) is 30.7. The predicted molar refractivity (Wildman–Crippen MR) is 205 cm³/mol. The van der Waals surface area contributed by atoms with Crippen molar-refractivity contribution in [1.29, 1.82) is 0 Å². The maximum atomic E-state index is 3.88. The Morgan fingerprint density at radius 3 is 1.62 bits per heavy atom. The summed E-state index contributed by atoms with van der Waals surface area (Å²) < 4.78 is 1.51. The average molecular weight is 862 g/mol. The Hall–Kier alpha value is -3.23. The molecular weight excluding hydrogens is 814 g/mol. The molecule has 0 N–H and O–H groups in total. The van der Waals surface area contributed by atoms with Gasteiger partial charge in [-0.3, -0.25) is 0 Å². The molecule has 0 unspecified atom stereocenters. The van der Waals surface area contributed by atoms with Crippen molar-refractivity contribution >= 4 is 3.26 Å². The van der Waals surface area contributed by atoms with Crippen LogP contribution in [-0.4, -0.2) is 3.26 Å². The second-order valence-corrected chi connectivity index (χ2v) is 17.6. The summed E-state index contributed by atoms with van der Waals surface area (Å²) in [4.78, 5) is 0. The number of hydrogen-bond acceptors (Lipinski definition) is 0. The van der Waals surface area contributed by atoms with Gasteiger partial charge in [-0.1, -0.05) is 131 Å². The summed E-state index contributed by atoms with van der Waals surface area (Å²) >= 11 is 1.17. The van der Waals surface area contributed by atoms with Gasteiger partial charge in [-0.05, 0) is 39.5 Å². The molecule has 50 heavy (non-hydrogen) atoms. The fraction of sp³-hybridized carbons (Fsp3) is 0.234. The molecule has 6 aromatic carbocycles. The number of rotatable bonds is 3. The summed E-state index contributed by atoms with van der Waals surface area (Å²) in [6.07, 6.45) is 0.944. The number of benzene rings is 5. The minimum atomic E-state index is 0. The summed E-state index contributed by atoms with van der Waals surface area (Å²) in [6.45, 7) is 18.2. The Kier molecular flexibility index (Phi) is 14.7. The molecule has 0 heterocycles. The van der Waals surface area contributed by atoms with Crippen LogP contribution in [0.5, 0.6) is 0 Å². The van der Waals surface area contributed by atoms with Gasteiger partial charge >= 0.3 is 76.4 Å². The molecule has 0 radical (unpaired) electrons. The van der Waals surface area contributed by atoms with Crippen molar-refractivity contribution in [2.24, 2.45) is 0 Å². The molecule has 6 aromatic rings. The Balaban J connectivity index is 0.000000330. The molecule has 0 bridgehead atoms. The average Bonchev–Trinajstić information content (AvgIpc) is 3.76. The Bertz CT molecular complexity index is 1830. The van der Waals surface area contributed by atoms with Crippen LogP contribution in [0, 0.1) is 13.0 Å². The van der Waals surface area contributed by atoms with Gasteiger partial charge in [0.15, 0.2) is 0 Å². The van der Waals surface area contributed by atoms with Gasteiger partial charge in [0, 0.05) is 0 Å². The third kappa shape index (κ3) is 10.2. The van der Waals surface area contributed by atoms with Gasteiger partial charge in [0.2, 0.25) is 0 Å². The van der Waals surface area contributed by atoms with E-state index in [1.54, 1.807) is 0 Å². The second-order valence-electron chi connectivity index (χ2n) is 14.9. The summed E-state index contributed by atoms with van der Waals surface area (Å²) in [5, 5.41) is 0. The first-order valence-electron chi connectivity index (χ1n) is 17.0. The van der Waals surface area contributed by atoms with E-state index in [2.05, 4.69) is 165 Å². The van der Waals surface area contributed by atoms with Crippen LogP contribution in [0.4, 0.5) is 0 Å². The predicted octanol–water partition coefficient (Wildman–Crippen LogP) is 6.48. The molecule has 0 spiro atoms. The molecule has 1 aliphatic carbocycles. The molecular formula is C47H48Cl2Hf-2. The van der Waals surface area contributed by atoms with E-state index in [1.807, 2.05) is 30.3 Å². The molecule has 0 aliphatic heterocycles. The molecule has 7 rings (SSSR count). The molecule has 0 saturated heterocycles. The Morgan fingerprint density at radius 2 is 1.14 bits per heavy atom. The zero-order chi connectivity index (χ0) is 34.5. The van der Waals surface area contributed by atoms with Gasteiger partial charge in [-0.25, -0.2) is 12.1 Å². The topological polar surface area (TPSA) is 0 Å². The quantitative estimate of drug-likeness (QED) is 0.141. The van der Waals surface area contributed by atoms with Crippen molar-refractivity contribution in [2.75, 3.05) is 0 Å². The van der Waals surface area contributed by atoms with Crippen LogP contribution in [-0.2, 0) is 41.1 Å². The fourth-order valence-corrected chi connectivity index (χ4v) is 6.83. The minimum absolute atomic E-state index is 0. The van der Waals surface area contributed by atoms with Crippen molar-refractivity contribution in [1.82, 2.24) is 0 Å². The minimum Gasteiger partial charge on any atom is -1.00 e. The van der Waals surface area contributed by atoms with Crippen molar-refractivity contribution < 1.29 is 48.7 Å². The summed E-state index contributed by atoms with van der Waals surface area (Å²) in [5.74, 6) is 0. The van der Waals surface area contributed by atoms with E-state index in [4.69, 9.17) is 0 Å². The Morgan fingerprint density at radius 1 is 0.620 bits per heavy atom. The van der Waals surface area contributed by atoms with Gasteiger partial charge in [0.05, 0.1) is 0 Å². The first kappa shape index (κ1) is 41.2. The summed E-state index contributed by atoms with van der Waals surface area (Å²) in [7, 11) is 0. The SMILES string of the molecule is CC(C)(C)c1cc2c([c-]c1-c1ccccc1)Cc1cc(-c3ccccc3)c(C(C)(C)C)cc1-2.C[C](=[Hf+2])c1ccc(C)cc1.[Cl-].[Cl-].c1cc[cH-]c1. The molecule has 1 aliphatic rings. The number of halogens is 2. The third-order valence-corrected chi connectivity index (χ3v) is 9.90. The first-order chi connectivity index (χ1) is 22.8. The molecule has 0 saturated carbocycles. The van der Waals surface area contributed by atoms with Crippen molar-refractivity contribution in [3.8, 4) is 33.4 Å². The Labute approximate surface area is 328 Å². The molecule has 0 aromatic heterocycles. The number of hydrogen-bond donors (Lipinski definition) is 0. The summed E-state index contributed by atoms with van der Waals surface area (Å²) in [6, 6.07) is 51.5. The molecule has 0 fully saturated rings. The van der Waals surface area contributed by atoms with E-state index in [-0.39, 0.29) is 35.6 Å². The normalized spacial score (nSPS) is 11.3. The van der Waals surface area contributed by atoms with Gasteiger partial charge in [0.25, 0.3) is 0 Å².